The Morgan fingerprint density at radius 3 is 2.72 bits per heavy atom. The molecule has 0 aliphatic rings. The number of aromatic nitrogens is 2. The fourth-order valence-electron chi connectivity index (χ4n) is 1.73. The Bertz CT molecular complexity index is 433. The van der Waals surface area contributed by atoms with E-state index in [1.807, 2.05) is 0 Å². The van der Waals surface area contributed by atoms with Gasteiger partial charge in [0.2, 0.25) is 12.1 Å². The van der Waals surface area contributed by atoms with Crippen LogP contribution in [0.15, 0.2) is 0 Å². The average molecular weight is 260 g/mol. The molecule has 0 amide bonds. The number of aliphatic hydroxyl groups excluding tert-OH is 1. The summed E-state index contributed by atoms with van der Waals surface area (Å²) in [5.41, 5.74) is 0.550. The van der Waals surface area contributed by atoms with Crippen molar-refractivity contribution in [3.05, 3.63) is 11.3 Å². The van der Waals surface area contributed by atoms with Gasteiger partial charge in [-0.2, -0.15) is 5.10 Å². The minimum Gasteiger partial charge on any atom is -0.481 e. The second-order valence-corrected chi connectivity index (χ2v) is 3.73. The van der Waals surface area contributed by atoms with Gasteiger partial charge in [0.05, 0.1) is 25.0 Å². The first-order chi connectivity index (χ1) is 8.43. The van der Waals surface area contributed by atoms with Gasteiger partial charge in [0.1, 0.15) is 6.10 Å². The fraction of sp³-hybridized carbons (Fsp3) is 0.636. The van der Waals surface area contributed by atoms with Gasteiger partial charge in [-0.05, 0) is 13.8 Å². The lowest BCUT2D eigenvalue weighted by molar-refractivity contribution is -0.153. The molecule has 0 bridgehead atoms. The van der Waals surface area contributed by atoms with Gasteiger partial charge < -0.3 is 14.6 Å². The van der Waals surface area contributed by atoms with Gasteiger partial charge in [0, 0.05) is 7.05 Å². The molecule has 0 radical (unpaired) electrons. The molecule has 6 nitrogen and oxygen atoms in total. The number of aliphatic hydroxyl groups is 1. The Morgan fingerprint density at radius 1 is 1.61 bits per heavy atom. The van der Waals surface area contributed by atoms with E-state index in [9.17, 15) is 14.3 Å². The van der Waals surface area contributed by atoms with Crippen LogP contribution in [0.1, 0.15) is 24.3 Å². The van der Waals surface area contributed by atoms with E-state index in [-0.39, 0.29) is 18.1 Å². The standard InChI is InChI=1S/C11H17FN2O4/c1-5-18-11(16)8(12)9(15)7-6(2)13-14(3)10(7)17-4/h8-9,15H,5H2,1-4H3. The van der Waals surface area contributed by atoms with E-state index in [0.717, 1.165) is 0 Å². The molecule has 1 aromatic heterocycles. The number of hydrogen-bond acceptors (Lipinski definition) is 5. The lowest BCUT2D eigenvalue weighted by Gasteiger charge is -2.15. The highest BCUT2D eigenvalue weighted by atomic mass is 19.1. The van der Waals surface area contributed by atoms with Crippen LogP contribution >= 0.6 is 0 Å². The van der Waals surface area contributed by atoms with E-state index >= 15 is 0 Å². The first-order valence-electron chi connectivity index (χ1n) is 5.50. The topological polar surface area (TPSA) is 73.6 Å². The highest BCUT2D eigenvalue weighted by molar-refractivity contribution is 5.75. The van der Waals surface area contributed by atoms with Crippen molar-refractivity contribution in [1.29, 1.82) is 0 Å². The molecule has 0 aliphatic carbocycles. The molecule has 2 unspecified atom stereocenters. The van der Waals surface area contributed by atoms with Crippen LogP contribution in [0.4, 0.5) is 4.39 Å². The number of rotatable bonds is 5. The smallest absolute Gasteiger partial charge is 0.343 e. The lowest BCUT2D eigenvalue weighted by Crippen LogP contribution is -2.26. The quantitative estimate of drug-likeness (QED) is 0.788. The maximum Gasteiger partial charge on any atom is 0.343 e. The fourth-order valence-corrected chi connectivity index (χ4v) is 1.73. The van der Waals surface area contributed by atoms with Crippen LogP contribution in [0.25, 0.3) is 0 Å². The Morgan fingerprint density at radius 2 is 2.22 bits per heavy atom. The van der Waals surface area contributed by atoms with E-state index in [4.69, 9.17) is 4.74 Å². The number of aryl methyl sites for hydroxylation is 2. The molecular formula is C11H17FN2O4. The van der Waals surface area contributed by atoms with Crippen LogP contribution in [-0.2, 0) is 16.6 Å². The van der Waals surface area contributed by atoms with Gasteiger partial charge in [-0.1, -0.05) is 0 Å². The van der Waals surface area contributed by atoms with Gasteiger partial charge in [-0.3, -0.25) is 0 Å². The predicted molar refractivity (Wildman–Crippen MR) is 61.0 cm³/mol. The van der Waals surface area contributed by atoms with Crippen molar-refractivity contribution in [3.8, 4) is 5.88 Å². The number of halogens is 1. The predicted octanol–water partition coefficient (Wildman–Crippen LogP) is 0.672. The molecule has 0 saturated heterocycles. The molecule has 0 spiro atoms. The van der Waals surface area contributed by atoms with E-state index in [0.29, 0.717) is 5.69 Å². The SMILES string of the molecule is CCOC(=O)C(F)C(O)c1c(C)nn(C)c1OC. The maximum atomic E-state index is 13.8. The summed E-state index contributed by atoms with van der Waals surface area (Å²) < 4.78 is 24.7. The third kappa shape index (κ3) is 2.61. The maximum absolute atomic E-state index is 13.8. The number of carbonyl (C=O) groups is 1. The summed E-state index contributed by atoms with van der Waals surface area (Å²) in [5.74, 6) is -0.887. The van der Waals surface area contributed by atoms with Crippen molar-refractivity contribution in [2.24, 2.45) is 7.05 Å². The summed E-state index contributed by atoms with van der Waals surface area (Å²) >= 11 is 0. The van der Waals surface area contributed by atoms with E-state index < -0.39 is 18.2 Å². The van der Waals surface area contributed by atoms with E-state index in [2.05, 4.69) is 9.84 Å². The molecule has 0 aliphatic heterocycles. The molecule has 2 atom stereocenters. The van der Waals surface area contributed by atoms with Crippen LogP contribution in [-0.4, -0.2) is 40.7 Å². The molecule has 1 rings (SSSR count). The van der Waals surface area contributed by atoms with Gasteiger partial charge in [-0.15, -0.1) is 0 Å². The normalized spacial score (nSPS) is 14.1. The zero-order valence-corrected chi connectivity index (χ0v) is 10.8. The van der Waals surface area contributed by atoms with Gasteiger partial charge in [-0.25, -0.2) is 13.9 Å². The van der Waals surface area contributed by atoms with E-state index in [1.165, 1.54) is 11.8 Å². The lowest BCUT2D eigenvalue weighted by atomic mass is 10.1. The summed E-state index contributed by atoms with van der Waals surface area (Å²) in [6.45, 7) is 3.21. The second-order valence-electron chi connectivity index (χ2n) is 3.73. The Hall–Kier alpha value is -1.63. The van der Waals surface area contributed by atoms with Crippen molar-refractivity contribution < 1.29 is 23.8 Å². The van der Waals surface area contributed by atoms with Crippen molar-refractivity contribution in [2.75, 3.05) is 13.7 Å². The molecule has 0 saturated carbocycles. The van der Waals surface area contributed by atoms with Crippen molar-refractivity contribution in [2.45, 2.75) is 26.1 Å². The van der Waals surface area contributed by atoms with Crippen LogP contribution in [0, 0.1) is 6.92 Å². The molecule has 1 N–H and O–H groups in total. The van der Waals surface area contributed by atoms with Gasteiger partial charge in [0.25, 0.3) is 0 Å². The average Bonchev–Trinajstić information content (AvgIpc) is 2.61. The largest absolute Gasteiger partial charge is 0.481 e. The summed E-state index contributed by atoms with van der Waals surface area (Å²) in [5, 5.41) is 13.9. The van der Waals surface area contributed by atoms with E-state index in [1.54, 1.807) is 20.9 Å². The van der Waals surface area contributed by atoms with Crippen molar-refractivity contribution in [1.82, 2.24) is 9.78 Å². The summed E-state index contributed by atoms with van der Waals surface area (Å²) in [7, 11) is 2.98. The van der Waals surface area contributed by atoms with Gasteiger partial charge in [0.15, 0.2) is 0 Å². The zero-order valence-electron chi connectivity index (χ0n) is 10.8. The monoisotopic (exact) mass is 260 g/mol. The Balaban J connectivity index is 3.03. The van der Waals surface area contributed by atoms with Crippen molar-refractivity contribution in [3.63, 3.8) is 0 Å². The summed E-state index contributed by atoms with van der Waals surface area (Å²) in [6.07, 6.45) is -3.82. The zero-order chi connectivity index (χ0) is 13.9. The summed E-state index contributed by atoms with van der Waals surface area (Å²) in [4.78, 5) is 11.3. The number of alkyl halides is 1. The highest BCUT2D eigenvalue weighted by Gasteiger charge is 2.34. The Labute approximate surface area is 104 Å². The molecule has 0 fully saturated rings. The molecular weight excluding hydrogens is 243 g/mol. The minimum atomic E-state index is -2.17. The number of ether oxygens (including phenoxy) is 2. The molecule has 7 heteroatoms. The molecule has 1 heterocycles. The third-order valence-corrected chi connectivity index (χ3v) is 2.49. The second kappa shape index (κ2) is 5.81. The molecule has 1 aromatic rings. The van der Waals surface area contributed by atoms with Gasteiger partial charge >= 0.3 is 5.97 Å². The van der Waals surface area contributed by atoms with Crippen LogP contribution in [0.2, 0.25) is 0 Å². The number of nitrogens with zero attached hydrogens (tertiary/aromatic N) is 2. The minimum absolute atomic E-state index is 0.0507. The highest BCUT2D eigenvalue weighted by Crippen LogP contribution is 2.31. The van der Waals surface area contributed by atoms with Crippen LogP contribution in [0.5, 0.6) is 5.88 Å². The third-order valence-electron chi connectivity index (χ3n) is 2.49. The molecule has 0 aromatic carbocycles. The number of hydrogen-bond donors (Lipinski definition) is 1. The first kappa shape index (κ1) is 14.4. The summed E-state index contributed by atoms with van der Waals surface area (Å²) in [6, 6.07) is 0. The number of esters is 1. The van der Waals surface area contributed by atoms with Crippen LogP contribution in [0.3, 0.4) is 0 Å². The molecule has 102 valence electrons. The Kier molecular flexibility index (Phi) is 4.66. The number of methoxy groups -OCH3 is 1. The van der Waals surface area contributed by atoms with Crippen molar-refractivity contribution >= 4 is 5.97 Å². The molecule has 18 heavy (non-hydrogen) atoms. The first-order valence-corrected chi connectivity index (χ1v) is 5.50. The number of carbonyl (C=O) groups excluding carboxylic acids is 1. The van der Waals surface area contributed by atoms with Crippen LogP contribution < -0.4 is 4.74 Å².